The molecule has 1 N–H and O–H groups in total. The van der Waals surface area contributed by atoms with Gasteiger partial charge in [0.25, 0.3) is 5.22 Å². The summed E-state index contributed by atoms with van der Waals surface area (Å²) in [4.78, 5) is 16.4. The Morgan fingerprint density at radius 3 is 2.62 bits per heavy atom. The Balaban J connectivity index is 1.41. The fraction of sp³-hybridized carbons (Fsp3) is 0.150. The molecule has 3 aromatic heterocycles. The number of pyridine rings is 1. The van der Waals surface area contributed by atoms with Gasteiger partial charge < -0.3 is 9.73 Å². The van der Waals surface area contributed by atoms with Crippen molar-refractivity contribution in [3.63, 3.8) is 0 Å². The molecular formula is C20H18N6O2S. The minimum atomic E-state index is -0.188. The number of benzene rings is 1. The number of anilines is 1. The van der Waals surface area contributed by atoms with Gasteiger partial charge in [-0.05, 0) is 38.1 Å². The Hall–Kier alpha value is -3.46. The molecule has 9 heteroatoms. The van der Waals surface area contributed by atoms with Gasteiger partial charge in [-0.2, -0.15) is 5.10 Å². The topological polar surface area (TPSA) is 98.7 Å². The summed E-state index contributed by atoms with van der Waals surface area (Å²) in [6.45, 7) is 3.91. The van der Waals surface area contributed by atoms with Gasteiger partial charge >= 0.3 is 0 Å². The van der Waals surface area contributed by atoms with E-state index in [1.54, 1.807) is 29.2 Å². The van der Waals surface area contributed by atoms with Crippen LogP contribution in [0.4, 0.5) is 5.82 Å². The average Bonchev–Trinajstić information content (AvgIpc) is 3.34. The van der Waals surface area contributed by atoms with Crippen LogP contribution in [0.5, 0.6) is 0 Å². The quantitative estimate of drug-likeness (QED) is 0.488. The highest BCUT2D eigenvalue weighted by Crippen LogP contribution is 2.23. The Morgan fingerprint density at radius 2 is 1.86 bits per heavy atom. The number of aromatic nitrogens is 5. The lowest BCUT2D eigenvalue weighted by Crippen LogP contribution is -2.17. The third kappa shape index (κ3) is 4.52. The molecule has 0 aliphatic heterocycles. The van der Waals surface area contributed by atoms with Crippen LogP contribution in [0.15, 0.2) is 64.5 Å². The molecular weight excluding hydrogens is 388 g/mol. The Morgan fingerprint density at radius 1 is 1.10 bits per heavy atom. The Bertz CT molecular complexity index is 1120. The number of hydrogen-bond donors (Lipinski definition) is 1. The smallest absolute Gasteiger partial charge is 0.277 e. The zero-order chi connectivity index (χ0) is 20.2. The second-order valence-electron chi connectivity index (χ2n) is 6.36. The van der Waals surface area contributed by atoms with Gasteiger partial charge in [0.15, 0.2) is 0 Å². The molecule has 0 atom stereocenters. The summed E-state index contributed by atoms with van der Waals surface area (Å²) in [5.74, 6) is 0.950. The monoisotopic (exact) mass is 406 g/mol. The van der Waals surface area contributed by atoms with Crippen LogP contribution >= 0.6 is 11.8 Å². The number of carbonyl (C=O) groups excluding carboxylic acids is 1. The van der Waals surface area contributed by atoms with Crippen LogP contribution in [0, 0.1) is 13.8 Å². The number of rotatable bonds is 6. The first-order valence-electron chi connectivity index (χ1n) is 8.89. The summed E-state index contributed by atoms with van der Waals surface area (Å²) in [5.41, 5.74) is 3.63. The van der Waals surface area contributed by atoms with E-state index in [1.165, 1.54) is 11.8 Å². The van der Waals surface area contributed by atoms with Gasteiger partial charge in [0.2, 0.25) is 11.8 Å². The highest BCUT2D eigenvalue weighted by molar-refractivity contribution is 7.99. The largest absolute Gasteiger partial charge is 0.411 e. The molecule has 3 heterocycles. The number of nitrogens with zero attached hydrogens (tertiary/aromatic N) is 5. The van der Waals surface area contributed by atoms with Crippen LogP contribution in [0.3, 0.4) is 0 Å². The van der Waals surface area contributed by atoms with Crippen LogP contribution in [-0.2, 0) is 4.79 Å². The predicted molar refractivity (Wildman–Crippen MR) is 110 cm³/mol. The van der Waals surface area contributed by atoms with Gasteiger partial charge in [0.1, 0.15) is 5.82 Å². The molecule has 0 saturated heterocycles. The molecule has 4 aromatic rings. The second-order valence-corrected chi connectivity index (χ2v) is 7.29. The van der Waals surface area contributed by atoms with Crippen molar-refractivity contribution >= 4 is 23.5 Å². The molecule has 8 nitrogen and oxygen atoms in total. The van der Waals surface area contributed by atoms with E-state index in [0.29, 0.717) is 16.9 Å². The summed E-state index contributed by atoms with van der Waals surface area (Å²) in [6.07, 6.45) is 3.30. The SMILES string of the molecule is Cc1ccc(-n2nc(C)cc2NC(=O)CSc2nnc(-c3ccncc3)o2)cc1. The maximum absolute atomic E-state index is 12.4. The van der Waals surface area contributed by atoms with E-state index in [0.717, 1.165) is 22.5 Å². The fourth-order valence-electron chi connectivity index (χ4n) is 2.66. The molecule has 0 aliphatic rings. The third-order valence-corrected chi connectivity index (χ3v) is 4.86. The molecule has 0 radical (unpaired) electrons. The first-order chi connectivity index (χ1) is 14.1. The summed E-state index contributed by atoms with van der Waals surface area (Å²) >= 11 is 1.18. The molecule has 1 amide bonds. The van der Waals surface area contributed by atoms with Crippen molar-refractivity contribution in [2.45, 2.75) is 19.1 Å². The average molecular weight is 406 g/mol. The lowest BCUT2D eigenvalue weighted by atomic mass is 10.2. The zero-order valence-corrected chi connectivity index (χ0v) is 16.7. The third-order valence-electron chi connectivity index (χ3n) is 4.04. The lowest BCUT2D eigenvalue weighted by molar-refractivity contribution is -0.113. The van der Waals surface area contributed by atoms with Crippen LogP contribution in [0.2, 0.25) is 0 Å². The summed E-state index contributed by atoms with van der Waals surface area (Å²) in [6, 6.07) is 13.3. The van der Waals surface area contributed by atoms with Crippen molar-refractivity contribution in [1.82, 2.24) is 25.0 Å². The van der Waals surface area contributed by atoms with Crippen LogP contribution in [-0.4, -0.2) is 36.6 Å². The van der Waals surface area contributed by atoms with Gasteiger partial charge in [-0.25, -0.2) is 4.68 Å². The number of hydrogen-bond acceptors (Lipinski definition) is 7. The summed E-state index contributed by atoms with van der Waals surface area (Å²) in [7, 11) is 0. The molecule has 0 spiro atoms. The predicted octanol–water partition coefficient (Wildman–Crippen LogP) is 3.66. The molecule has 0 fully saturated rings. The maximum atomic E-state index is 12.4. The van der Waals surface area contributed by atoms with E-state index in [2.05, 4.69) is 25.6 Å². The van der Waals surface area contributed by atoms with Gasteiger partial charge in [0.05, 0.1) is 17.1 Å². The number of carbonyl (C=O) groups is 1. The Labute approximate surface area is 171 Å². The minimum Gasteiger partial charge on any atom is -0.411 e. The van der Waals surface area contributed by atoms with Gasteiger partial charge in [-0.15, -0.1) is 10.2 Å². The Kier molecular flexibility index (Phi) is 5.39. The number of amides is 1. The molecule has 0 saturated carbocycles. The van der Waals surface area contributed by atoms with E-state index < -0.39 is 0 Å². The molecule has 29 heavy (non-hydrogen) atoms. The lowest BCUT2D eigenvalue weighted by Gasteiger charge is -2.08. The molecule has 0 aliphatic carbocycles. The van der Waals surface area contributed by atoms with Crippen molar-refractivity contribution in [1.29, 1.82) is 0 Å². The number of nitrogens with one attached hydrogen (secondary N) is 1. The van der Waals surface area contributed by atoms with E-state index >= 15 is 0 Å². The second kappa shape index (κ2) is 8.27. The van der Waals surface area contributed by atoms with E-state index in [-0.39, 0.29) is 11.7 Å². The van der Waals surface area contributed by atoms with Crippen molar-refractivity contribution in [2.24, 2.45) is 0 Å². The zero-order valence-electron chi connectivity index (χ0n) is 15.9. The van der Waals surface area contributed by atoms with Gasteiger partial charge in [-0.1, -0.05) is 29.5 Å². The highest BCUT2D eigenvalue weighted by Gasteiger charge is 2.14. The molecule has 1 aromatic carbocycles. The maximum Gasteiger partial charge on any atom is 0.277 e. The highest BCUT2D eigenvalue weighted by atomic mass is 32.2. The first kappa shape index (κ1) is 18.9. The molecule has 4 rings (SSSR count). The van der Waals surface area contributed by atoms with Crippen LogP contribution in [0.1, 0.15) is 11.3 Å². The fourth-order valence-corrected chi connectivity index (χ4v) is 3.22. The molecule has 146 valence electrons. The van der Waals surface area contributed by atoms with Crippen molar-refractivity contribution in [2.75, 3.05) is 11.1 Å². The van der Waals surface area contributed by atoms with E-state index in [9.17, 15) is 4.79 Å². The van der Waals surface area contributed by atoms with Crippen LogP contribution < -0.4 is 5.32 Å². The molecule has 0 bridgehead atoms. The van der Waals surface area contributed by atoms with E-state index in [1.807, 2.05) is 44.2 Å². The minimum absolute atomic E-state index is 0.135. The van der Waals surface area contributed by atoms with Gasteiger partial charge in [-0.3, -0.25) is 9.78 Å². The number of aryl methyl sites for hydroxylation is 2. The summed E-state index contributed by atoms with van der Waals surface area (Å²) < 4.78 is 7.31. The normalized spacial score (nSPS) is 10.8. The summed E-state index contributed by atoms with van der Waals surface area (Å²) in [5, 5.41) is 15.7. The van der Waals surface area contributed by atoms with Gasteiger partial charge in [0, 0.05) is 24.0 Å². The number of thioether (sulfide) groups is 1. The van der Waals surface area contributed by atoms with Crippen molar-refractivity contribution in [3.8, 4) is 17.1 Å². The first-order valence-corrected chi connectivity index (χ1v) is 9.87. The van der Waals surface area contributed by atoms with Crippen LogP contribution in [0.25, 0.3) is 17.1 Å². The standard InChI is InChI=1S/C20H18N6O2S/c1-13-3-5-16(6-4-13)26-17(11-14(2)25-26)22-18(27)12-29-20-24-23-19(28-20)15-7-9-21-10-8-15/h3-11H,12H2,1-2H3,(H,22,27). The van der Waals surface area contributed by atoms with Crippen molar-refractivity contribution in [3.05, 3.63) is 66.1 Å². The molecule has 0 unspecified atom stereocenters. The van der Waals surface area contributed by atoms with Crippen molar-refractivity contribution < 1.29 is 9.21 Å². The van der Waals surface area contributed by atoms with E-state index in [4.69, 9.17) is 4.42 Å².